The van der Waals surface area contributed by atoms with Crippen LogP contribution >= 0.6 is 0 Å². The van der Waals surface area contributed by atoms with Gasteiger partial charge in [-0.15, -0.1) is 0 Å². The summed E-state index contributed by atoms with van der Waals surface area (Å²) in [6.07, 6.45) is 22.8. The lowest BCUT2D eigenvalue weighted by Gasteiger charge is -2.28. The van der Waals surface area contributed by atoms with E-state index in [1.165, 1.54) is 24.0 Å². The molecule has 0 N–H and O–H groups in total. The van der Waals surface area contributed by atoms with Crippen molar-refractivity contribution < 1.29 is 14.2 Å². The third-order valence-corrected chi connectivity index (χ3v) is 15.9. The summed E-state index contributed by atoms with van der Waals surface area (Å²) < 4.78 is 22.7. The van der Waals surface area contributed by atoms with Crippen molar-refractivity contribution >= 4 is 50.8 Å². The first-order valence-corrected chi connectivity index (χ1v) is 29.3. The Morgan fingerprint density at radius 1 is 0.407 bits per heavy atom. The van der Waals surface area contributed by atoms with Gasteiger partial charge in [-0.05, 0) is 104 Å². The van der Waals surface area contributed by atoms with Crippen LogP contribution in [0.1, 0.15) is 35.4 Å². The number of imidazole rings is 3. The van der Waals surface area contributed by atoms with E-state index in [0.29, 0.717) is 26.4 Å². The lowest BCUT2D eigenvalue weighted by molar-refractivity contribution is 0.122. The van der Waals surface area contributed by atoms with Crippen LogP contribution in [0.15, 0.2) is 171 Å². The highest BCUT2D eigenvalue weighted by Gasteiger charge is 2.25. The molecule has 3 aliphatic heterocycles. The maximum absolute atomic E-state index is 5.46. The van der Waals surface area contributed by atoms with Gasteiger partial charge in [-0.2, -0.15) is 0 Å². The van der Waals surface area contributed by atoms with Gasteiger partial charge in [-0.1, -0.05) is 48.0 Å². The second-order valence-corrected chi connectivity index (χ2v) is 21.6. The summed E-state index contributed by atoms with van der Waals surface area (Å²) >= 11 is 0. The SMILES string of the molecule is Cc1ccc(-n2c(-c3cnc(N4CCOCC4)cc3C)nc3ccncc32)cc1.c1cc2nc(-c3cnc(N4CCOCC4)nc3)n(-c3ccc(C4CC4)cc3)c2cn1.c1ccc(-n2c(-c3cnc(N4CCOCC4)nc3)nc3ccncc32)cc1. The summed E-state index contributed by atoms with van der Waals surface area (Å²) in [6, 6.07) is 35.4. The molecule has 3 aromatic carbocycles. The summed E-state index contributed by atoms with van der Waals surface area (Å²) in [5.74, 6) is 5.71. The fourth-order valence-electron chi connectivity index (χ4n) is 11.2. The highest BCUT2D eigenvalue weighted by atomic mass is 16.5. The van der Waals surface area contributed by atoms with E-state index >= 15 is 0 Å². The largest absolute Gasteiger partial charge is 0.378 e. The number of hydrogen-bond donors (Lipinski definition) is 0. The van der Waals surface area contributed by atoms with Crippen LogP contribution in [-0.4, -0.2) is 147 Å². The standard InChI is InChI=1S/C23H22N6O.C23H23N5O.C20H18N6O/c1-2-16(1)17-3-5-19(6-4-17)29-21-15-24-8-7-20(21)27-22(29)18-13-25-23(26-14-18)28-9-11-30-12-10-28;1-16-3-5-18(6-4-16)28-21-15-24-8-7-20(21)26-23(28)19-14-25-22(13-17(19)2)27-9-11-29-12-10-27;1-2-4-16(5-3-1)26-18-14-21-7-6-17(18)24-19(26)15-12-22-20(23-13-15)25-8-10-27-11-9-25/h3-8,13-16H,1-2,9-12H2;3-8,13-15H,9-12H2,1-2H3;1-7,12-14H,8-11H2. The molecule has 4 aliphatic rings. The van der Waals surface area contributed by atoms with Crippen LogP contribution in [0.3, 0.4) is 0 Å². The lowest BCUT2D eigenvalue weighted by Crippen LogP contribution is -2.37. The molecule has 20 heteroatoms. The van der Waals surface area contributed by atoms with Crippen LogP contribution in [0.4, 0.5) is 17.7 Å². The van der Waals surface area contributed by atoms with Gasteiger partial charge in [-0.25, -0.2) is 39.9 Å². The number of fused-ring (bicyclic) bond motifs is 3. The van der Waals surface area contributed by atoms with E-state index in [-0.39, 0.29) is 0 Å². The zero-order chi connectivity index (χ0) is 57.8. The molecule has 20 nitrogen and oxygen atoms in total. The summed E-state index contributed by atoms with van der Waals surface area (Å²) in [5.41, 5.74) is 15.4. The summed E-state index contributed by atoms with van der Waals surface area (Å²) in [7, 11) is 0. The number of hydrogen-bond acceptors (Lipinski definition) is 17. The first-order valence-electron chi connectivity index (χ1n) is 29.3. The van der Waals surface area contributed by atoms with Gasteiger partial charge in [0.05, 0.1) is 102 Å². The minimum atomic E-state index is 0.710. The molecule has 9 aromatic heterocycles. The molecule has 16 rings (SSSR count). The van der Waals surface area contributed by atoms with E-state index < -0.39 is 0 Å². The van der Waals surface area contributed by atoms with Crippen molar-refractivity contribution in [2.45, 2.75) is 32.6 Å². The van der Waals surface area contributed by atoms with Crippen LogP contribution < -0.4 is 14.7 Å². The molecule has 1 aliphatic carbocycles. The number of anilines is 3. The van der Waals surface area contributed by atoms with Gasteiger partial charge >= 0.3 is 0 Å². The number of pyridine rings is 4. The van der Waals surface area contributed by atoms with E-state index in [4.69, 9.17) is 34.1 Å². The average molecular weight is 1140 g/mol. The van der Waals surface area contributed by atoms with Gasteiger partial charge in [0.1, 0.15) is 23.3 Å². The van der Waals surface area contributed by atoms with Gasteiger partial charge in [0, 0.05) is 111 Å². The number of aromatic nitrogens is 14. The van der Waals surface area contributed by atoms with E-state index in [1.54, 1.807) is 18.6 Å². The Morgan fingerprint density at radius 2 is 0.826 bits per heavy atom. The van der Waals surface area contributed by atoms with Gasteiger partial charge in [0.25, 0.3) is 0 Å². The molecule has 1 saturated carbocycles. The van der Waals surface area contributed by atoms with E-state index in [0.717, 1.165) is 166 Å². The maximum Gasteiger partial charge on any atom is 0.225 e. The molecule has 0 atom stereocenters. The van der Waals surface area contributed by atoms with Gasteiger partial charge in [0.15, 0.2) is 0 Å². The number of nitrogens with zero attached hydrogens (tertiary/aromatic N) is 17. The topological polar surface area (TPSA) is 194 Å². The van der Waals surface area contributed by atoms with E-state index in [9.17, 15) is 0 Å². The van der Waals surface area contributed by atoms with Crippen molar-refractivity contribution in [1.82, 2.24) is 68.5 Å². The van der Waals surface area contributed by atoms with Crippen LogP contribution in [0.5, 0.6) is 0 Å². The van der Waals surface area contributed by atoms with Gasteiger partial charge in [-0.3, -0.25) is 28.7 Å². The summed E-state index contributed by atoms with van der Waals surface area (Å²) in [4.78, 5) is 57.3. The average Bonchev–Trinajstić information content (AvgIpc) is 2.76. The molecule has 3 saturated heterocycles. The third-order valence-electron chi connectivity index (χ3n) is 15.9. The zero-order valence-electron chi connectivity index (χ0n) is 48.0. The molecular formula is C66H63N17O3. The molecule has 0 unspecified atom stereocenters. The van der Waals surface area contributed by atoms with E-state index in [2.05, 4.69) is 144 Å². The van der Waals surface area contributed by atoms with Crippen molar-refractivity contribution in [3.8, 4) is 51.2 Å². The number of benzene rings is 3. The Balaban J connectivity index is 0.000000114. The Labute approximate surface area is 496 Å². The summed E-state index contributed by atoms with van der Waals surface area (Å²) in [5, 5.41) is 0. The molecule has 86 heavy (non-hydrogen) atoms. The van der Waals surface area contributed by atoms with Crippen molar-refractivity contribution in [2.24, 2.45) is 0 Å². The Hall–Kier alpha value is -9.89. The van der Waals surface area contributed by atoms with Crippen molar-refractivity contribution in [3.63, 3.8) is 0 Å². The predicted octanol–water partition coefficient (Wildman–Crippen LogP) is 10.2. The smallest absolute Gasteiger partial charge is 0.225 e. The quantitative estimate of drug-likeness (QED) is 0.125. The van der Waals surface area contributed by atoms with E-state index in [1.807, 2.05) is 86.0 Å². The second-order valence-electron chi connectivity index (χ2n) is 21.6. The molecule has 0 spiro atoms. The molecule has 0 amide bonds. The maximum atomic E-state index is 5.46. The molecule has 0 radical (unpaired) electrons. The number of morpholine rings is 3. The minimum absolute atomic E-state index is 0.710. The second kappa shape index (κ2) is 24.4. The first kappa shape index (κ1) is 54.1. The number of aryl methyl sites for hydroxylation is 2. The molecule has 4 fully saturated rings. The lowest BCUT2D eigenvalue weighted by atomic mass is 10.1. The third kappa shape index (κ3) is 11.3. The van der Waals surface area contributed by atoms with Crippen LogP contribution in [0.25, 0.3) is 84.3 Å². The predicted molar refractivity (Wildman–Crippen MR) is 332 cm³/mol. The van der Waals surface area contributed by atoms with Crippen LogP contribution in [-0.2, 0) is 14.2 Å². The van der Waals surface area contributed by atoms with Crippen molar-refractivity contribution in [3.05, 3.63) is 188 Å². The van der Waals surface area contributed by atoms with Crippen molar-refractivity contribution in [2.75, 3.05) is 93.6 Å². The Bertz CT molecular complexity index is 4270. The Morgan fingerprint density at radius 3 is 1.28 bits per heavy atom. The summed E-state index contributed by atoms with van der Waals surface area (Å²) in [6.45, 7) is 13.6. The molecule has 12 aromatic rings. The first-order chi connectivity index (χ1) is 42.5. The Kier molecular flexibility index (Phi) is 15.3. The molecular weight excluding hydrogens is 1080 g/mol. The van der Waals surface area contributed by atoms with Crippen LogP contribution in [0, 0.1) is 13.8 Å². The molecule has 12 heterocycles. The highest BCUT2D eigenvalue weighted by Crippen LogP contribution is 2.41. The fourth-order valence-corrected chi connectivity index (χ4v) is 11.2. The number of ether oxygens (including phenoxy) is 3. The zero-order valence-corrected chi connectivity index (χ0v) is 48.0. The highest BCUT2D eigenvalue weighted by molar-refractivity contribution is 5.85. The monoisotopic (exact) mass is 1140 g/mol. The number of rotatable bonds is 10. The molecule has 430 valence electrons. The van der Waals surface area contributed by atoms with Gasteiger partial charge < -0.3 is 28.9 Å². The normalized spacial score (nSPS) is 15.3. The number of para-hydroxylation sites is 1. The molecule has 0 bridgehead atoms. The van der Waals surface area contributed by atoms with Crippen LogP contribution in [0.2, 0.25) is 0 Å². The fraction of sp³-hybridized carbons (Fsp3) is 0.258. The minimum Gasteiger partial charge on any atom is -0.378 e. The van der Waals surface area contributed by atoms with Gasteiger partial charge in [0.2, 0.25) is 11.9 Å². The van der Waals surface area contributed by atoms with Crippen molar-refractivity contribution in [1.29, 1.82) is 0 Å².